The molecule has 142 valence electrons. The van der Waals surface area contributed by atoms with E-state index in [1.807, 2.05) is 40.1 Å². The SMILES string of the molecule is CCc1ccccc1-n1nc(C#N)c(N2CCN(c3ccccc3F)CC2)n1. The highest BCUT2D eigenvalue weighted by molar-refractivity contribution is 5.54. The maximum atomic E-state index is 14.1. The number of hydrogen-bond donors (Lipinski definition) is 0. The minimum Gasteiger partial charge on any atom is -0.366 e. The van der Waals surface area contributed by atoms with E-state index < -0.39 is 0 Å². The molecule has 0 amide bonds. The fourth-order valence-electron chi connectivity index (χ4n) is 3.56. The first-order chi connectivity index (χ1) is 13.7. The number of piperazine rings is 1. The molecular formula is C21H21FN6. The van der Waals surface area contributed by atoms with Gasteiger partial charge < -0.3 is 9.80 Å². The van der Waals surface area contributed by atoms with Crippen LogP contribution in [0.3, 0.4) is 0 Å². The highest BCUT2D eigenvalue weighted by atomic mass is 19.1. The first-order valence-corrected chi connectivity index (χ1v) is 9.41. The van der Waals surface area contributed by atoms with Crippen molar-refractivity contribution in [3.05, 3.63) is 65.6 Å². The van der Waals surface area contributed by atoms with Gasteiger partial charge in [0.2, 0.25) is 5.69 Å². The van der Waals surface area contributed by atoms with E-state index in [-0.39, 0.29) is 5.82 Å². The Morgan fingerprint density at radius 3 is 2.25 bits per heavy atom. The van der Waals surface area contributed by atoms with Crippen molar-refractivity contribution in [2.24, 2.45) is 0 Å². The molecule has 0 unspecified atom stereocenters. The molecule has 6 nitrogen and oxygen atoms in total. The van der Waals surface area contributed by atoms with Gasteiger partial charge in [0.05, 0.1) is 11.4 Å². The van der Waals surface area contributed by atoms with Gasteiger partial charge in [0.25, 0.3) is 0 Å². The van der Waals surface area contributed by atoms with Crippen LogP contribution in [-0.2, 0) is 6.42 Å². The first-order valence-electron chi connectivity index (χ1n) is 9.41. The van der Waals surface area contributed by atoms with Gasteiger partial charge in [0.15, 0.2) is 5.82 Å². The molecule has 4 rings (SSSR count). The molecule has 7 heteroatoms. The third kappa shape index (κ3) is 3.29. The number of nitrogens with zero attached hydrogens (tertiary/aromatic N) is 6. The predicted molar refractivity (Wildman–Crippen MR) is 106 cm³/mol. The summed E-state index contributed by atoms with van der Waals surface area (Å²) in [6, 6.07) is 16.9. The summed E-state index contributed by atoms with van der Waals surface area (Å²) in [7, 11) is 0. The van der Waals surface area contributed by atoms with Crippen molar-refractivity contribution in [1.29, 1.82) is 5.26 Å². The zero-order valence-corrected chi connectivity index (χ0v) is 15.7. The lowest BCUT2D eigenvalue weighted by Crippen LogP contribution is -2.47. The van der Waals surface area contributed by atoms with Crippen molar-refractivity contribution < 1.29 is 4.39 Å². The predicted octanol–water partition coefficient (Wildman–Crippen LogP) is 3.17. The van der Waals surface area contributed by atoms with E-state index >= 15 is 0 Å². The fourth-order valence-corrected chi connectivity index (χ4v) is 3.56. The second-order valence-electron chi connectivity index (χ2n) is 6.68. The van der Waals surface area contributed by atoms with Crippen molar-refractivity contribution in [1.82, 2.24) is 15.0 Å². The molecule has 0 N–H and O–H groups in total. The normalized spacial score (nSPS) is 14.2. The third-order valence-corrected chi connectivity index (χ3v) is 5.06. The summed E-state index contributed by atoms with van der Waals surface area (Å²) in [5.41, 5.74) is 2.93. The summed E-state index contributed by atoms with van der Waals surface area (Å²) in [6.07, 6.45) is 0.857. The lowest BCUT2D eigenvalue weighted by molar-refractivity contribution is 0.595. The van der Waals surface area contributed by atoms with Crippen molar-refractivity contribution in [2.45, 2.75) is 13.3 Å². The molecule has 1 aromatic heterocycles. The molecule has 3 aromatic rings. The van der Waals surface area contributed by atoms with Crippen molar-refractivity contribution in [3.8, 4) is 11.8 Å². The third-order valence-electron chi connectivity index (χ3n) is 5.06. The van der Waals surface area contributed by atoms with Crippen LogP contribution in [-0.4, -0.2) is 41.2 Å². The molecule has 1 saturated heterocycles. The summed E-state index contributed by atoms with van der Waals surface area (Å²) < 4.78 is 14.1. The van der Waals surface area contributed by atoms with Gasteiger partial charge in [-0.05, 0) is 30.2 Å². The zero-order chi connectivity index (χ0) is 19.5. The minimum absolute atomic E-state index is 0.212. The van der Waals surface area contributed by atoms with Crippen LogP contribution >= 0.6 is 0 Å². The van der Waals surface area contributed by atoms with Gasteiger partial charge in [-0.1, -0.05) is 37.3 Å². The van der Waals surface area contributed by atoms with Crippen LogP contribution in [0.2, 0.25) is 0 Å². The first kappa shape index (κ1) is 18.0. The molecule has 2 heterocycles. The highest BCUT2D eigenvalue weighted by Crippen LogP contribution is 2.24. The molecule has 1 fully saturated rings. The molecule has 2 aromatic carbocycles. The van der Waals surface area contributed by atoms with E-state index in [2.05, 4.69) is 23.2 Å². The average molecular weight is 376 g/mol. The maximum absolute atomic E-state index is 14.1. The number of nitriles is 1. The summed E-state index contributed by atoms with van der Waals surface area (Å²) in [6.45, 7) is 4.69. The number of para-hydroxylation sites is 2. The molecule has 0 atom stereocenters. The Kier molecular flexibility index (Phi) is 4.94. The molecular weight excluding hydrogens is 355 g/mol. The molecule has 1 aliphatic heterocycles. The van der Waals surface area contributed by atoms with Crippen molar-refractivity contribution in [2.75, 3.05) is 36.0 Å². The van der Waals surface area contributed by atoms with Crippen LogP contribution < -0.4 is 9.80 Å². The smallest absolute Gasteiger partial charge is 0.207 e. The number of anilines is 2. The van der Waals surface area contributed by atoms with E-state index in [1.165, 1.54) is 6.07 Å². The molecule has 0 saturated carbocycles. The second-order valence-corrected chi connectivity index (χ2v) is 6.68. The lowest BCUT2D eigenvalue weighted by atomic mass is 10.1. The molecule has 0 radical (unpaired) electrons. The van der Waals surface area contributed by atoms with Gasteiger partial charge in [-0.2, -0.15) is 5.26 Å². The van der Waals surface area contributed by atoms with Crippen molar-refractivity contribution in [3.63, 3.8) is 0 Å². The van der Waals surface area contributed by atoms with Crippen molar-refractivity contribution >= 4 is 11.5 Å². The van der Waals surface area contributed by atoms with Crippen LogP contribution in [0.4, 0.5) is 15.9 Å². The topological polar surface area (TPSA) is 61.0 Å². The monoisotopic (exact) mass is 376 g/mol. The largest absolute Gasteiger partial charge is 0.366 e. The quantitative estimate of drug-likeness (QED) is 0.700. The number of benzene rings is 2. The standard InChI is InChI=1S/C21H21FN6/c1-2-16-7-3-5-9-19(16)28-24-18(15-23)21(25-28)27-13-11-26(12-14-27)20-10-6-4-8-17(20)22/h3-10H,2,11-14H2,1H3. The van der Waals surface area contributed by atoms with Gasteiger partial charge in [-0.3, -0.25) is 0 Å². The van der Waals surface area contributed by atoms with Gasteiger partial charge in [0.1, 0.15) is 11.9 Å². The van der Waals surface area contributed by atoms with Gasteiger partial charge in [-0.25, -0.2) is 4.39 Å². The minimum atomic E-state index is -0.212. The summed E-state index contributed by atoms with van der Waals surface area (Å²) in [4.78, 5) is 5.62. The summed E-state index contributed by atoms with van der Waals surface area (Å²) >= 11 is 0. The highest BCUT2D eigenvalue weighted by Gasteiger charge is 2.25. The Morgan fingerprint density at radius 1 is 0.929 bits per heavy atom. The van der Waals surface area contributed by atoms with E-state index in [4.69, 9.17) is 0 Å². The van der Waals surface area contributed by atoms with E-state index in [1.54, 1.807) is 16.9 Å². The average Bonchev–Trinajstić information content (AvgIpc) is 3.18. The van der Waals surface area contributed by atoms with Crippen LogP contribution in [0.15, 0.2) is 48.5 Å². The molecule has 0 aliphatic carbocycles. The zero-order valence-electron chi connectivity index (χ0n) is 15.7. The lowest BCUT2D eigenvalue weighted by Gasteiger charge is -2.36. The molecule has 0 spiro atoms. The Balaban J connectivity index is 1.57. The summed E-state index contributed by atoms with van der Waals surface area (Å²) in [5.74, 6) is 0.373. The van der Waals surface area contributed by atoms with E-state index in [0.29, 0.717) is 43.4 Å². The number of hydrogen-bond acceptors (Lipinski definition) is 5. The van der Waals surface area contributed by atoms with Crippen LogP contribution in [0, 0.1) is 17.1 Å². The van der Waals surface area contributed by atoms with E-state index in [9.17, 15) is 9.65 Å². The van der Waals surface area contributed by atoms with Gasteiger partial charge in [0, 0.05) is 26.2 Å². The Morgan fingerprint density at radius 2 is 1.57 bits per heavy atom. The molecule has 0 bridgehead atoms. The number of halogens is 1. The number of aryl methyl sites for hydroxylation is 1. The molecule has 28 heavy (non-hydrogen) atoms. The van der Waals surface area contributed by atoms with Crippen LogP contribution in [0.1, 0.15) is 18.2 Å². The Hall–Kier alpha value is -3.40. The van der Waals surface area contributed by atoms with Crippen LogP contribution in [0.25, 0.3) is 5.69 Å². The van der Waals surface area contributed by atoms with Gasteiger partial charge >= 0.3 is 0 Å². The summed E-state index contributed by atoms with van der Waals surface area (Å²) in [5, 5.41) is 18.6. The number of rotatable bonds is 4. The van der Waals surface area contributed by atoms with Crippen LogP contribution in [0.5, 0.6) is 0 Å². The fraction of sp³-hybridized carbons (Fsp3) is 0.286. The Bertz CT molecular complexity index is 1010. The Labute approximate surface area is 163 Å². The van der Waals surface area contributed by atoms with E-state index in [0.717, 1.165) is 17.7 Å². The maximum Gasteiger partial charge on any atom is 0.207 e. The second kappa shape index (κ2) is 7.69. The van der Waals surface area contributed by atoms with Gasteiger partial charge in [-0.15, -0.1) is 15.0 Å². The molecule has 1 aliphatic rings. The number of aromatic nitrogens is 3.